The summed E-state index contributed by atoms with van der Waals surface area (Å²) in [5.41, 5.74) is 3.23. The molecule has 3 aromatic carbocycles. The Labute approximate surface area is 207 Å². The molecule has 5 atom stereocenters. The van der Waals surface area contributed by atoms with Crippen LogP contribution in [0.1, 0.15) is 16.7 Å². The van der Waals surface area contributed by atoms with Crippen LogP contribution in [0, 0.1) is 0 Å². The first kappa shape index (κ1) is 24.9. The Balaban J connectivity index is 1.56. The molecular formula is C28H32O5S. The third kappa shape index (κ3) is 6.69. The maximum absolute atomic E-state index is 6.49. The highest BCUT2D eigenvalue weighted by molar-refractivity contribution is 7.80. The molecule has 0 saturated carbocycles. The van der Waals surface area contributed by atoms with E-state index in [1.807, 2.05) is 91.0 Å². The van der Waals surface area contributed by atoms with Crippen LogP contribution in [0.25, 0.3) is 0 Å². The van der Waals surface area contributed by atoms with Crippen LogP contribution in [0.2, 0.25) is 0 Å². The van der Waals surface area contributed by atoms with Gasteiger partial charge >= 0.3 is 0 Å². The minimum Gasteiger partial charge on any atom is -0.368 e. The van der Waals surface area contributed by atoms with Crippen molar-refractivity contribution in [3.63, 3.8) is 0 Å². The van der Waals surface area contributed by atoms with Gasteiger partial charge in [-0.2, -0.15) is 12.6 Å². The zero-order valence-electron chi connectivity index (χ0n) is 19.4. The molecule has 0 radical (unpaired) electrons. The first-order chi connectivity index (χ1) is 16.8. The third-order valence-corrected chi connectivity index (χ3v) is 6.22. The monoisotopic (exact) mass is 480 g/mol. The molecular weight excluding hydrogens is 448 g/mol. The van der Waals surface area contributed by atoms with E-state index in [-0.39, 0.29) is 12.2 Å². The zero-order valence-corrected chi connectivity index (χ0v) is 20.3. The van der Waals surface area contributed by atoms with E-state index in [9.17, 15) is 0 Å². The second kappa shape index (κ2) is 13.0. The summed E-state index contributed by atoms with van der Waals surface area (Å²) in [6.45, 7) is 1.28. The van der Waals surface area contributed by atoms with Gasteiger partial charge in [0.15, 0.2) is 6.29 Å². The summed E-state index contributed by atoms with van der Waals surface area (Å²) in [4.78, 5) is 0. The van der Waals surface area contributed by atoms with Crippen molar-refractivity contribution in [1.29, 1.82) is 0 Å². The van der Waals surface area contributed by atoms with E-state index in [2.05, 4.69) is 12.6 Å². The first-order valence-corrected chi connectivity index (χ1v) is 12.2. The van der Waals surface area contributed by atoms with E-state index >= 15 is 0 Å². The summed E-state index contributed by atoms with van der Waals surface area (Å²) >= 11 is 4.54. The lowest BCUT2D eigenvalue weighted by atomic mass is 9.98. The molecule has 0 aliphatic carbocycles. The number of rotatable bonds is 11. The van der Waals surface area contributed by atoms with Crippen molar-refractivity contribution in [1.82, 2.24) is 0 Å². The van der Waals surface area contributed by atoms with E-state index in [1.165, 1.54) is 0 Å². The predicted octanol–water partition coefficient (Wildman–Crippen LogP) is 5.04. The first-order valence-electron chi connectivity index (χ1n) is 11.5. The van der Waals surface area contributed by atoms with Gasteiger partial charge in [0.05, 0.1) is 25.9 Å². The molecule has 1 saturated heterocycles. The zero-order chi connectivity index (χ0) is 23.6. The van der Waals surface area contributed by atoms with Gasteiger partial charge in [0.1, 0.15) is 18.3 Å². The highest BCUT2D eigenvalue weighted by Crippen LogP contribution is 2.31. The molecule has 4 rings (SSSR count). The average Bonchev–Trinajstić information content (AvgIpc) is 2.91. The van der Waals surface area contributed by atoms with Crippen molar-refractivity contribution >= 4 is 12.6 Å². The number of thiol groups is 1. The second-order valence-electron chi connectivity index (χ2n) is 8.24. The van der Waals surface area contributed by atoms with Gasteiger partial charge in [0.25, 0.3) is 0 Å². The fourth-order valence-corrected chi connectivity index (χ4v) is 4.38. The van der Waals surface area contributed by atoms with Crippen LogP contribution in [-0.2, 0) is 43.5 Å². The molecule has 1 fully saturated rings. The number of ether oxygens (including phenoxy) is 5. The van der Waals surface area contributed by atoms with E-state index in [0.29, 0.717) is 25.6 Å². The lowest BCUT2D eigenvalue weighted by molar-refractivity contribution is -0.313. The largest absolute Gasteiger partial charge is 0.368 e. The molecule has 0 amide bonds. The minimum absolute atomic E-state index is 0.311. The SMILES string of the molecule is CO[C@H]1OC(CS)[C@@H](OCc2ccccc2)C(OCc2ccccc2)C1OCc1ccccc1. The maximum Gasteiger partial charge on any atom is 0.186 e. The average molecular weight is 481 g/mol. The molecule has 0 spiro atoms. The Morgan fingerprint density at radius 3 is 1.44 bits per heavy atom. The van der Waals surface area contributed by atoms with Crippen molar-refractivity contribution in [3.8, 4) is 0 Å². The van der Waals surface area contributed by atoms with Gasteiger partial charge in [0.2, 0.25) is 0 Å². The molecule has 1 heterocycles. The Kier molecular flexibility index (Phi) is 9.56. The van der Waals surface area contributed by atoms with Crippen LogP contribution in [-0.4, -0.2) is 43.6 Å². The summed E-state index contributed by atoms with van der Waals surface area (Å²) in [7, 11) is 1.62. The van der Waals surface area contributed by atoms with E-state index < -0.39 is 18.5 Å². The van der Waals surface area contributed by atoms with Crippen LogP contribution in [0.15, 0.2) is 91.0 Å². The summed E-state index contributed by atoms with van der Waals surface area (Å²) in [6.07, 6.45) is -2.18. The molecule has 34 heavy (non-hydrogen) atoms. The number of hydrogen-bond acceptors (Lipinski definition) is 6. The van der Waals surface area contributed by atoms with Crippen LogP contribution in [0.3, 0.4) is 0 Å². The van der Waals surface area contributed by atoms with Crippen molar-refractivity contribution in [2.45, 2.75) is 50.5 Å². The van der Waals surface area contributed by atoms with Crippen LogP contribution < -0.4 is 0 Å². The van der Waals surface area contributed by atoms with Gasteiger partial charge in [-0.1, -0.05) is 91.0 Å². The van der Waals surface area contributed by atoms with Crippen molar-refractivity contribution < 1.29 is 23.7 Å². The fraction of sp³-hybridized carbons (Fsp3) is 0.357. The van der Waals surface area contributed by atoms with Crippen molar-refractivity contribution in [3.05, 3.63) is 108 Å². The second-order valence-corrected chi connectivity index (χ2v) is 8.61. The van der Waals surface area contributed by atoms with Crippen molar-refractivity contribution in [2.75, 3.05) is 12.9 Å². The molecule has 1 aliphatic rings. The van der Waals surface area contributed by atoms with Gasteiger partial charge < -0.3 is 23.7 Å². The van der Waals surface area contributed by atoms with E-state index in [1.54, 1.807) is 7.11 Å². The summed E-state index contributed by atoms with van der Waals surface area (Å²) in [5, 5.41) is 0. The molecule has 5 nitrogen and oxygen atoms in total. The minimum atomic E-state index is -0.599. The Morgan fingerprint density at radius 2 is 1.03 bits per heavy atom. The smallest absolute Gasteiger partial charge is 0.186 e. The normalized spacial score (nSPS) is 24.7. The highest BCUT2D eigenvalue weighted by Gasteiger charge is 2.48. The molecule has 0 bridgehead atoms. The van der Waals surface area contributed by atoms with Crippen molar-refractivity contribution in [2.24, 2.45) is 0 Å². The standard InChI is InChI=1S/C28H32O5S/c1-29-28-27(32-19-23-15-9-4-10-16-23)26(31-18-22-13-7-3-8-14-22)25(24(20-34)33-28)30-17-21-11-5-2-6-12-21/h2-16,24-28,34H,17-20H2,1H3/t24?,25-,26?,27?,28+/m1/s1. The Morgan fingerprint density at radius 1 is 0.618 bits per heavy atom. The number of hydrogen-bond donors (Lipinski definition) is 1. The van der Waals surface area contributed by atoms with Gasteiger partial charge in [-0.05, 0) is 16.7 Å². The Hall–Kier alpha value is -2.19. The molecule has 180 valence electrons. The summed E-state index contributed by atoms with van der Waals surface area (Å²) < 4.78 is 31.2. The van der Waals surface area contributed by atoms with Gasteiger partial charge in [-0.25, -0.2) is 0 Å². The highest BCUT2D eigenvalue weighted by atomic mass is 32.1. The van der Waals surface area contributed by atoms with Gasteiger partial charge in [-0.3, -0.25) is 0 Å². The summed E-state index contributed by atoms with van der Waals surface area (Å²) in [6, 6.07) is 30.2. The fourth-order valence-electron chi connectivity index (χ4n) is 4.08. The molecule has 1 aliphatic heterocycles. The molecule has 0 aromatic heterocycles. The summed E-state index contributed by atoms with van der Waals surface area (Å²) in [5.74, 6) is 0.468. The molecule has 6 heteroatoms. The Bertz CT molecular complexity index is 899. The topological polar surface area (TPSA) is 46.2 Å². The molecule has 3 unspecified atom stereocenters. The van der Waals surface area contributed by atoms with Gasteiger partial charge in [-0.15, -0.1) is 0 Å². The van der Waals surface area contributed by atoms with Crippen LogP contribution >= 0.6 is 12.6 Å². The van der Waals surface area contributed by atoms with Gasteiger partial charge in [0, 0.05) is 12.9 Å². The maximum atomic E-state index is 6.49. The van der Waals surface area contributed by atoms with E-state index in [4.69, 9.17) is 23.7 Å². The van der Waals surface area contributed by atoms with E-state index in [0.717, 1.165) is 16.7 Å². The quantitative estimate of drug-likeness (QED) is 0.390. The predicted molar refractivity (Wildman–Crippen MR) is 135 cm³/mol. The number of benzene rings is 3. The lowest BCUT2D eigenvalue weighted by Crippen LogP contribution is -2.61. The molecule has 3 aromatic rings. The van der Waals surface area contributed by atoms with Crippen LogP contribution in [0.5, 0.6) is 0 Å². The lowest BCUT2D eigenvalue weighted by Gasteiger charge is -2.45. The molecule has 0 N–H and O–H groups in total. The third-order valence-electron chi connectivity index (χ3n) is 5.86. The van der Waals surface area contributed by atoms with Crippen LogP contribution in [0.4, 0.5) is 0 Å². The number of methoxy groups -OCH3 is 1.